The number of carbonyl (C=O) groups is 1. The van der Waals surface area contributed by atoms with Crippen LogP contribution in [0.3, 0.4) is 0 Å². The van der Waals surface area contributed by atoms with Gasteiger partial charge in [0.1, 0.15) is 12.2 Å². The van der Waals surface area contributed by atoms with E-state index in [0.29, 0.717) is 23.3 Å². The van der Waals surface area contributed by atoms with Crippen molar-refractivity contribution in [2.24, 2.45) is 0 Å². The second-order valence-electron chi connectivity index (χ2n) is 5.86. The predicted molar refractivity (Wildman–Crippen MR) is 96.9 cm³/mol. The zero-order chi connectivity index (χ0) is 16.9. The lowest BCUT2D eigenvalue weighted by molar-refractivity contribution is 0.0447. The van der Waals surface area contributed by atoms with Gasteiger partial charge in [-0.15, -0.1) is 12.4 Å². The Morgan fingerprint density at radius 3 is 2.72 bits per heavy atom. The van der Waals surface area contributed by atoms with Crippen molar-refractivity contribution < 1.29 is 18.7 Å². The predicted octanol–water partition coefficient (Wildman–Crippen LogP) is 2.87. The van der Waals surface area contributed by atoms with Crippen LogP contribution in [-0.4, -0.2) is 44.2 Å². The van der Waals surface area contributed by atoms with Crippen molar-refractivity contribution in [2.45, 2.75) is 19.3 Å². The highest BCUT2D eigenvalue weighted by molar-refractivity contribution is 5.94. The molecule has 1 aromatic carbocycles. The number of benzene rings is 1. The van der Waals surface area contributed by atoms with E-state index in [1.165, 1.54) is 32.4 Å². The monoisotopic (exact) mass is 367 g/mol. The Morgan fingerprint density at radius 1 is 1.24 bits per heavy atom. The van der Waals surface area contributed by atoms with E-state index in [0.717, 1.165) is 13.1 Å². The highest BCUT2D eigenvalue weighted by Crippen LogP contribution is 2.24. The SMILES string of the molecule is COc1cccc2cc(C(=O)OCCN3CCCCC3)c(=O)oc12.Cl. The van der Waals surface area contributed by atoms with Gasteiger partial charge in [-0.2, -0.15) is 0 Å². The van der Waals surface area contributed by atoms with E-state index in [1.807, 2.05) is 0 Å². The molecule has 25 heavy (non-hydrogen) atoms. The molecule has 0 aliphatic carbocycles. The van der Waals surface area contributed by atoms with Gasteiger partial charge in [-0.3, -0.25) is 4.90 Å². The second kappa shape index (κ2) is 8.87. The lowest BCUT2D eigenvalue weighted by Gasteiger charge is -2.25. The third kappa shape index (κ3) is 4.52. The summed E-state index contributed by atoms with van der Waals surface area (Å²) in [6.45, 7) is 3.04. The van der Waals surface area contributed by atoms with Gasteiger partial charge in [0.2, 0.25) is 0 Å². The van der Waals surface area contributed by atoms with E-state index < -0.39 is 11.6 Å². The highest BCUT2D eigenvalue weighted by atomic mass is 35.5. The number of methoxy groups -OCH3 is 1. The molecule has 1 fully saturated rings. The Morgan fingerprint density at radius 2 is 2.00 bits per heavy atom. The molecular formula is C18H22ClNO5. The topological polar surface area (TPSA) is 69.0 Å². The molecule has 0 bridgehead atoms. The van der Waals surface area contributed by atoms with Crippen LogP contribution in [0.2, 0.25) is 0 Å². The summed E-state index contributed by atoms with van der Waals surface area (Å²) in [5.74, 6) is -0.194. The van der Waals surface area contributed by atoms with Crippen LogP contribution in [-0.2, 0) is 4.74 Å². The summed E-state index contributed by atoms with van der Waals surface area (Å²) in [4.78, 5) is 26.5. The van der Waals surface area contributed by atoms with Crippen LogP contribution in [0.25, 0.3) is 11.0 Å². The second-order valence-corrected chi connectivity index (χ2v) is 5.86. The van der Waals surface area contributed by atoms with Crippen molar-refractivity contribution >= 4 is 29.3 Å². The molecule has 136 valence electrons. The minimum absolute atomic E-state index is 0. The van der Waals surface area contributed by atoms with Gasteiger partial charge >= 0.3 is 11.6 Å². The summed E-state index contributed by atoms with van der Waals surface area (Å²) in [7, 11) is 1.50. The van der Waals surface area contributed by atoms with Crippen molar-refractivity contribution in [3.8, 4) is 5.75 Å². The Balaban J connectivity index is 0.00000225. The number of fused-ring (bicyclic) bond motifs is 1. The smallest absolute Gasteiger partial charge is 0.351 e. The first-order valence-electron chi connectivity index (χ1n) is 8.19. The summed E-state index contributed by atoms with van der Waals surface area (Å²) in [6.07, 6.45) is 3.63. The molecule has 0 atom stereocenters. The molecule has 0 N–H and O–H groups in total. The molecule has 3 rings (SSSR count). The number of esters is 1. The van der Waals surface area contributed by atoms with E-state index in [-0.39, 0.29) is 24.6 Å². The van der Waals surface area contributed by atoms with Gasteiger partial charge in [0.15, 0.2) is 11.3 Å². The van der Waals surface area contributed by atoms with Crippen LogP contribution >= 0.6 is 12.4 Å². The Bertz CT molecular complexity index is 783. The number of nitrogens with zero attached hydrogens (tertiary/aromatic N) is 1. The molecule has 1 aliphatic rings. The van der Waals surface area contributed by atoms with E-state index in [9.17, 15) is 9.59 Å². The van der Waals surface area contributed by atoms with Crippen LogP contribution in [0.1, 0.15) is 29.6 Å². The minimum atomic E-state index is -0.713. The molecule has 0 amide bonds. The number of piperidine rings is 1. The summed E-state index contributed by atoms with van der Waals surface area (Å²) in [5, 5.41) is 0.622. The van der Waals surface area contributed by atoms with E-state index in [2.05, 4.69) is 4.90 Å². The standard InChI is InChI=1S/C18H21NO5.ClH/c1-22-15-7-5-6-13-12-14(18(21)24-16(13)15)17(20)23-11-10-19-8-3-2-4-9-19;/h5-7,12H,2-4,8-11H2,1H3;1H. The molecule has 0 saturated carbocycles. The quantitative estimate of drug-likeness (QED) is 0.598. The van der Waals surface area contributed by atoms with Gasteiger partial charge in [-0.25, -0.2) is 9.59 Å². The number of halogens is 1. The molecule has 2 aromatic rings. The number of hydrogen-bond acceptors (Lipinski definition) is 6. The van der Waals surface area contributed by atoms with Crippen LogP contribution in [0.15, 0.2) is 33.5 Å². The fourth-order valence-corrected chi connectivity index (χ4v) is 2.95. The van der Waals surface area contributed by atoms with Crippen LogP contribution in [0.4, 0.5) is 0 Å². The number of ether oxygens (including phenoxy) is 2. The molecular weight excluding hydrogens is 346 g/mol. The largest absolute Gasteiger partial charge is 0.493 e. The van der Waals surface area contributed by atoms with Crippen LogP contribution in [0, 0.1) is 0 Å². The number of carbonyl (C=O) groups excluding carboxylic acids is 1. The minimum Gasteiger partial charge on any atom is -0.493 e. The number of hydrogen-bond donors (Lipinski definition) is 0. The first kappa shape index (κ1) is 19.3. The normalized spacial score (nSPS) is 14.8. The molecule has 0 radical (unpaired) electrons. The Hall–Kier alpha value is -2.05. The average molecular weight is 368 g/mol. The third-order valence-corrected chi connectivity index (χ3v) is 4.25. The van der Waals surface area contributed by atoms with E-state index in [4.69, 9.17) is 13.9 Å². The fraction of sp³-hybridized carbons (Fsp3) is 0.444. The van der Waals surface area contributed by atoms with Gasteiger partial charge in [-0.05, 0) is 38.1 Å². The zero-order valence-electron chi connectivity index (χ0n) is 14.2. The van der Waals surface area contributed by atoms with Gasteiger partial charge in [0.25, 0.3) is 0 Å². The van der Waals surface area contributed by atoms with Crippen molar-refractivity contribution in [3.63, 3.8) is 0 Å². The number of likely N-dealkylation sites (tertiary alicyclic amines) is 1. The number of rotatable bonds is 5. The molecule has 1 aromatic heterocycles. The van der Waals surface area contributed by atoms with Gasteiger partial charge < -0.3 is 13.9 Å². The summed E-state index contributed by atoms with van der Waals surface area (Å²) in [6, 6.07) is 6.72. The molecule has 2 heterocycles. The van der Waals surface area contributed by atoms with Crippen molar-refractivity contribution in [1.29, 1.82) is 0 Å². The molecule has 6 nitrogen and oxygen atoms in total. The Kier molecular flexibility index (Phi) is 6.84. The fourth-order valence-electron chi connectivity index (χ4n) is 2.95. The third-order valence-electron chi connectivity index (χ3n) is 4.25. The molecule has 7 heteroatoms. The maximum absolute atomic E-state index is 12.2. The maximum Gasteiger partial charge on any atom is 0.351 e. The van der Waals surface area contributed by atoms with Crippen molar-refractivity contribution in [2.75, 3.05) is 33.4 Å². The van der Waals surface area contributed by atoms with Gasteiger partial charge in [0.05, 0.1) is 7.11 Å². The van der Waals surface area contributed by atoms with E-state index >= 15 is 0 Å². The lowest BCUT2D eigenvalue weighted by atomic mass is 10.1. The average Bonchev–Trinajstić information content (AvgIpc) is 2.61. The van der Waals surface area contributed by atoms with E-state index in [1.54, 1.807) is 18.2 Å². The Labute approximate surface area is 152 Å². The molecule has 1 aliphatic heterocycles. The molecule has 1 saturated heterocycles. The molecule has 0 unspecified atom stereocenters. The summed E-state index contributed by atoms with van der Waals surface area (Å²) < 4.78 is 15.6. The summed E-state index contributed by atoms with van der Waals surface area (Å²) in [5.41, 5.74) is -0.473. The lowest BCUT2D eigenvalue weighted by Crippen LogP contribution is -2.33. The molecule has 0 spiro atoms. The number of para-hydroxylation sites is 1. The maximum atomic E-state index is 12.2. The van der Waals surface area contributed by atoms with Crippen LogP contribution < -0.4 is 10.4 Å². The van der Waals surface area contributed by atoms with Crippen molar-refractivity contribution in [1.82, 2.24) is 4.90 Å². The first-order valence-corrected chi connectivity index (χ1v) is 8.19. The zero-order valence-corrected chi connectivity index (χ0v) is 15.0. The van der Waals surface area contributed by atoms with Crippen LogP contribution in [0.5, 0.6) is 5.75 Å². The first-order chi connectivity index (χ1) is 11.7. The summed E-state index contributed by atoms with van der Waals surface area (Å²) >= 11 is 0. The highest BCUT2D eigenvalue weighted by Gasteiger charge is 2.17. The van der Waals surface area contributed by atoms with Gasteiger partial charge in [0, 0.05) is 11.9 Å². The van der Waals surface area contributed by atoms with Gasteiger partial charge in [-0.1, -0.05) is 18.6 Å². The van der Waals surface area contributed by atoms with Crippen molar-refractivity contribution in [3.05, 3.63) is 40.2 Å².